The molecule has 0 aliphatic carbocycles. The second-order valence-electron chi connectivity index (χ2n) is 8.75. The van der Waals surface area contributed by atoms with Crippen LogP contribution in [0.25, 0.3) is 0 Å². The molecular formula is C27H30ClN3O3S2. The van der Waals surface area contributed by atoms with E-state index < -0.39 is 10.0 Å². The predicted octanol–water partition coefficient (Wildman–Crippen LogP) is 4.68. The van der Waals surface area contributed by atoms with Crippen LogP contribution in [0.4, 0.5) is 0 Å². The molecule has 1 saturated heterocycles. The highest BCUT2D eigenvalue weighted by Crippen LogP contribution is 2.21. The standard InChI is InChI=1S/C27H30ClN3O3S2/c1-21-2-12-26(13-3-21)36(33,34)31-17-15-30(16-18-31)20-22-4-6-23(7-5-22)27(32)29-14-19-35-25-10-8-24(28)9-11-25/h2-13H,14-20H2,1H3,(H,29,32). The Morgan fingerprint density at radius 2 is 1.56 bits per heavy atom. The van der Waals surface area contributed by atoms with Gasteiger partial charge in [-0.2, -0.15) is 4.31 Å². The molecule has 9 heteroatoms. The maximum Gasteiger partial charge on any atom is 0.251 e. The lowest BCUT2D eigenvalue weighted by molar-refractivity contribution is 0.0956. The van der Waals surface area contributed by atoms with E-state index in [1.54, 1.807) is 28.2 Å². The van der Waals surface area contributed by atoms with E-state index in [-0.39, 0.29) is 5.91 Å². The normalized spacial score (nSPS) is 15.1. The van der Waals surface area contributed by atoms with Crippen LogP contribution < -0.4 is 5.32 Å². The number of aryl methyl sites for hydroxylation is 1. The molecule has 0 atom stereocenters. The van der Waals surface area contributed by atoms with Crippen LogP contribution in [0.1, 0.15) is 21.5 Å². The van der Waals surface area contributed by atoms with Gasteiger partial charge in [-0.1, -0.05) is 41.4 Å². The summed E-state index contributed by atoms with van der Waals surface area (Å²) in [5, 5.41) is 3.67. The summed E-state index contributed by atoms with van der Waals surface area (Å²) in [6, 6.07) is 22.3. The van der Waals surface area contributed by atoms with Crippen molar-refractivity contribution in [1.82, 2.24) is 14.5 Å². The van der Waals surface area contributed by atoms with Gasteiger partial charge in [-0.05, 0) is 61.0 Å². The van der Waals surface area contributed by atoms with Gasteiger partial charge < -0.3 is 5.32 Å². The van der Waals surface area contributed by atoms with E-state index in [0.29, 0.717) is 48.2 Å². The lowest BCUT2D eigenvalue weighted by Gasteiger charge is -2.34. The summed E-state index contributed by atoms with van der Waals surface area (Å²) in [5.74, 6) is 0.685. The van der Waals surface area contributed by atoms with Gasteiger partial charge in [0.1, 0.15) is 0 Å². The van der Waals surface area contributed by atoms with Crippen LogP contribution >= 0.6 is 23.4 Å². The summed E-state index contributed by atoms with van der Waals surface area (Å²) in [5.41, 5.74) is 2.76. The molecule has 1 N–H and O–H groups in total. The third-order valence-corrected chi connectivity index (χ3v) is 9.26. The van der Waals surface area contributed by atoms with Gasteiger partial charge in [0, 0.05) is 60.5 Å². The molecule has 1 amide bonds. The molecule has 36 heavy (non-hydrogen) atoms. The fraction of sp³-hybridized carbons (Fsp3) is 0.296. The fourth-order valence-corrected chi connectivity index (χ4v) is 6.29. The fourth-order valence-electron chi connectivity index (χ4n) is 3.97. The quantitative estimate of drug-likeness (QED) is 0.313. The molecule has 6 nitrogen and oxygen atoms in total. The van der Waals surface area contributed by atoms with Crippen LogP contribution in [0.2, 0.25) is 5.02 Å². The largest absolute Gasteiger partial charge is 0.351 e. The average Bonchev–Trinajstić information content (AvgIpc) is 2.88. The van der Waals surface area contributed by atoms with E-state index in [4.69, 9.17) is 11.6 Å². The number of hydrogen-bond donors (Lipinski definition) is 1. The topological polar surface area (TPSA) is 69.7 Å². The summed E-state index contributed by atoms with van der Waals surface area (Å²) in [6.07, 6.45) is 0. The summed E-state index contributed by atoms with van der Waals surface area (Å²) < 4.78 is 27.4. The van der Waals surface area contributed by atoms with Crippen LogP contribution in [-0.4, -0.2) is 62.0 Å². The maximum absolute atomic E-state index is 12.9. The average molecular weight is 544 g/mol. The van der Waals surface area contributed by atoms with E-state index in [9.17, 15) is 13.2 Å². The number of amides is 1. The molecule has 3 aromatic rings. The molecule has 3 aromatic carbocycles. The highest BCUT2D eigenvalue weighted by atomic mass is 35.5. The molecule has 190 valence electrons. The van der Waals surface area contributed by atoms with Crippen LogP contribution in [0.3, 0.4) is 0 Å². The number of halogens is 1. The molecule has 1 fully saturated rings. The van der Waals surface area contributed by atoms with E-state index in [1.807, 2.05) is 67.6 Å². The molecule has 0 aromatic heterocycles. The number of carbonyl (C=O) groups excluding carboxylic acids is 1. The molecule has 0 spiro atoms. The second-order valence-corrected chi connectivity index (χ2v) is 12.3. The number of rotatable bonds is 9. The lowest BCUT2D eigenvalue weighted by Crippen LogP contribution is -2.48. The first-order chi connectivity index (χ1) is 17.3. The zero-order chi connectivity index (χ0) is 25.5. The molecule has 1 aliphatic rings. The van der Waals surface area contributed by atoms with Crippen molar-refractivity contribution in [2.45, 2.75) is 23.3 Å². The van der Waals surface area contributed by atoms with E-state index in [1.165, 1.54) is 0 Å². The third-order valence-electron chi connectivity index (χ3n) is 6.08. The van der Waals surface area contributed by atoms with Crippen molar-refractivity contribution in [2.24, 2.45) is 0 Å². The number of nitrogens with one attached hydrogen (secondary N) is 1. The van der Waals surface area contributed by atoms with Crippen molar-refractivity contribution in [2.75, 3.05) is 38.5 Å². The number of thioether (sulfide) groups is 1. The van der Waals surface area contributed by atoms with E-state index in [0.717, 1.165) is 28.3 Å². The molecule has 0 bridgehead atoms. The highest BCUT2D eigenvalue weighted by molar-refractivity contribution is 7.99. The number of piperazine rings is 1. The Morgan fingerprint density at radius 1 is 0.917 bits per heavy atom. The van der Waals surface area contributed by atoms with Gasteiger partial charge in [0.2, 0.25) is 10.0 Å². The van der Waals surface area contributed by atoms with Crippen molar-refractivity contribution in [3.8, 4) is 0 Å². The number of hydrogen-bond acceptors (Lipinski definition) is 5. The van der Waals surface area contributed by atoms with Crippen LogP contribution in [-0.2, 0) is 16.6 Å². The molecule has 0 radical (unpaired) electrons. The van der Waals surface area contributed by atoms with Crippen molar-refractivity contribution in [1.29, 1.82) is 0 Å². The van der Waals surface area contributed by atoms with Crippen molar-refractivity contribution in [3.63, 3.8) is 0 Å². The first-order valence-corrected chi connectivity index (χ1v) is 14.7. The van der Waals surface area contributed by atoms with Crippen molar-refractivity contribution < 1.29 is 13.2 Å². The number of sulfonamides is 1. The van der Waals surface area contributed by atoms with E-state index >= 15 is 0 Å². The van der Waals surface area contributed by atoms with E-state index in [2.05, 4.69) is 10.2 Å². The Bertz CT molecular complexity index is 1260. The number of benzene rings is 3. The number of carbonyl (C=O) groups is 1. The highest BCUT2D eigenvalue weighted by Gasteiger charge is 2.28. The Hall–Kier alpha value is -2.36. The summed E-state index contributed by atoms with van der Waals surface area (Å²) >= 11 is 7.57. The summed E-state index contributed by atoms with van der Waals surface area (Å²) in [7, 11) is -3.46. The molecule has 1 aliphatic heterocycles. The van der Waals surface area contributed by atoms with Gasteiger partial charge in [-0.25, -0.2) is 8.42 Å². The Labute approximate surface area is 222 Å². The molecule has 0 unspecified atom stereocenters. The van der Waals surface area contributed by atoms with Crippen molar-refractivity contribution >= 4 is 39.3 Å². The molecule has 1 heterocycles. The van der Waals surface area contributed by atoms with Crippen molar-refractivity contribution in [3.05, 3.63) is 94.5 Å². The van der Waals surface area contributed by atoms with Crippen LogP contribution in [0, 0.1) is 6.92 Å². The zero-order valence-electron chi connectivity index (χ0n) is 20.2. The SMILES string of the molecule is Cc1ccc(S(=O)(=O)N2CCN(Cc3ccc(C(=O)NCCSc4ccc(Cl)cc4)cc3)CC2)cc1. The molecular weight excluding hydrogens is 514 g/mol. The minimum Gasteiger partial charge on any atom is -0.351 e. The summed E-state index contributed by atoms with van der Waals surface area (Å²) in [4.78, 5) is 16.2. The second kappa shape index (κ2) is 12.3. The lowest BCUT2D eigenvalue weighted by atomic mass is 10.1. The van der Waals surface area contributed by atoms with Gasteiger partial charge in [0.25, 0.3) is 5.91 Å². The van der Waals surface area contributed by atoms with Crippen LogP contribution in [0.15, 0.2) is 82.6 Å². The number of nitrogens with zero attached hydrogens (tertiary/aromatic N) is 2. The Balaban J connectivity index is 1.21. The minimum atomic E-state index is -3.46. The monoisotopic (exact) mass is 543 g/mol. The van der Waals surface area contributed by atoms with Gasteiger partial charge in [0.15, 0.2) is 0 Å². The first kappa shape index (κ1) is 26.7. The third kappa shape index (κ3) is 7.11. The molecule has 0 saturated carbocycles. The van der Waals surface area contributed by atoms with Gasteiger partial charge >= 0.3 is 0 Å². The molecule has 4 rings (SSSR count). The minimum absolute atomic E-state index is 0.0896. The summed E-state index contributed by atoms with van der Waals surface area (Å²) in [6.45, 7) is 5.49. The first-order valence-electron chi connectivity index (χ1n) is 11.9. The Kier molecular flexibility index (Phi) is 9.09. The van der Waals surface area contributed by atoms with Gasteiger partial charge in [0.05, 0.1) is 4.90 Å². The predicted molar refractivity (Wildman–Crippen MR) is 146 cm³/mol. The van der Waals surface area contributed by atoms with Crippen LogP contribution in [0.5, 0.6) is 0 Å². The van der Waals surface area contributed by atoms with Gasteiger partial charge in [-0.15, -0.1) is 11.8 Å². The van der Waals surface area contributed by atoms with Gasteiger partial charge in [-0.3, -0.25) is 9.69 Å². The zero-order valence-corrected chi connectivity index (χ0v) is 22.6. The smallest absolute Gasteiger partial charge is 0.251 e. The maximum atomic E-state index is 12.9. The Morgan fingerprint density at radius 3 is 2.19 bits per heavy atom.